The van der Waals surface area contributed by atoms with Gasteiger partial charge in [-0.3, -0.25) is 4.79 Å². The molecule has 3 N–H and O–H groups in total. The fraction of sp³-hybridized carbons (Fsp3) is 0.800. The number of nitrogens with one attached hydrogen (secondary N) is 2. The quantitative estimate of drug-likeness (QED) is 0.605. The largest absolute Gasteiger partial charge is 0.480 e. The first kappa shape index (κ1) is 14.7. The summed E-state index contributed by atoms with van der Waals surface area (Å²) in [7, 11) is 1.96. The van der Waals surface area contributed by atoms with E-state index in [1.807, 2.05) is 7.05 Å². The summed E-state index contributed by atoms with van der Waals surface area (Å²) in [5, 5.41) is 13.5. The summed E-state index contributed by atoms with van der Waals surface area (Å²) in [6, 6.07) is -0.905. The van der Waals surface area contributed by atoms with Crippen LogP contribution in [0.3, 0.4) is 0 Å². The van der Waals surface area contributed by atoms with Crippen LogP contribution in [-0.2, 0) is 4.79 Å². The second-order valence-corrected chi connectivity index (χ2v) is 4.03. The van der Waals surface area contributed by atoms with Gasteiger partial charge in [0.2, 0.25) is 0 Å². The lowest BCUT2D eigenvalue weighted by Crippen LogP contribution is -2.46. The number of nitrogens with zero attached hydrogens (tertiary/aromatic N) is 1. The maximum absolute atomic E-state index is 11.2. The molecule has 0 aromatic carbocycles. The van der Waals surface area contributed by atoms with Crippen molar-refractivity contribution < 1.29 is 14.7 Å². The average Bonchev–Trinajstić information content (AvgIpc) is 2.16. The standard InChI is InChI=1S/C10H21N3O3/c1-7(2)13(4)6-5-11-10(16)12-8(3)9(14)15/h7-8H,5-6H2,1-4H3,(H,14,15)(H2,11,12,16)/t8-/m1/s1. The van der Waals surface area contributed by atoms with Gasteiger partial charge >= 0.3 is 12.0 Å². The van der Waals surface area contributed by atoms with Gasteiger partial charge in [0.1, 0.15) is 6.04 Å². The fourth-order valence-electron chi connectivity index (χ4n) is 0.913. The number of likely N-dealkylation sites (N-methyl/N-ethyl adjacent to an activating group) is 1. The van der Waals surface area contributed by atoms with E-state index >= 15 is 0 Å². The maximum atomic E-state index is 11.2. The van der Waals surface area contributed by atoms with Crippen molar-refractivity contribution in [3.63, 3.8) is 0 Å². The van der Waals surface area contributed by atoms with Gasteiger partial charge in [-0.1, -0.05) is 0 Å². The van der Waals surface area contributed by atoms with Crippen molar-refractivity contribution in [2.24, 2.45) is 0 Å². The Morgan fingerprint density at radius 3 is 2.31 bits per heavy atom. The lowest BCUT2D eigenvalue weighted by molar-refractivity contribution is -0.138. The Bertz CT molecular complexity index is 243. The monoisotopic (exact) mass is 231 g/mol. The molecule has 0 aromatic heterocycles. The van der Waals surface area contributed by atoms with Gasteiger partial charge in [-0.15, -0.1) is 0 Å². The van der Waals surface area contributed by atoms with Gasteiger partial charge in [-0.25, -0.2) is 4.79 Å². The van der Waals surface area contributed by atoms with Crippen molar-refractivity contribution >= 4 is 12.0 Å². The molecule has 0 aromatic rings. The van der Waals surface area contributed by atoms with E-state index in [-0.39, 0.29) is 0 Å². The van der Waals surface area contributed by atoms with Crippen LogP contribution in [0.4, 0.5) is 4.79 Å². The maximum Gasteiger partial charge on any atom is 0.325 e. The van der Waals surface area contributed by atoms with Gasteiger partial charge in [0.05, 0.1) is 0 Å². The smallest absolute Gasteiger partial charge is 0.325 e. The van der Waals surface area contributed by atoms with Gasteiger partial charge in [-0.05, 0) is 27.8 Å². The Morgan fingerprint density at radius 2 is 1.88 bits per heavy atom. The molecule has 2 amide bonds. The number of urea groups is 1. The topological polar surface area (TPSA) is 81.7 Å². The van der Waals surface area contributed by atoms with Crippen LogP contribution in [0.1, 0.15) is 20.8 Å². The van der Waals surface area contributed by atoms with Crippen molar-refractivity contribution in [2.75, 3.05) is 20.1 Å². The SMILES string of the molecule is CC(C)N(C)CCNC(=O)N[C@H](C)C(=O)O. The number of hydrogen-bond donors (Lipinski definition) is 3. The number of amides is 2. The molecule has 0 spiro atoms. The summed E-state index contributed by atoms with van der Waals surface area (Å²) < 4.78 is 0. The molecule has 0 fully saturated rings. The second-order valence-electron chi connectivity index (χ2n) is 4.03. The van der Waals surface area contributed by atoms with Crippen molar-refractivity contribution in [1.29, 1.82) is 0 Å². The van der Waals surface area contributed by atoms with Gasteiger partial charge in [0.15, 0.2) is 0 Å². The fourth-order valence-corrected chi connectivity index (χ4v) is 0.913. The number of rotatable bonds is 6. The Hall–Kier alpha value is -1.30. The molecule has 0 aliphatic heterocycles. The van der Waals surface area contributed by atoms with Crippen molar-refractivity contribution in [3.8, 4) is 0 Å². The van der Waals surface area contributed by atoms with E-state index in [0.29, 0.717) is 12.6 Å². The second kappa shape index (κ2) is 7.05. The summed E-state index contributed by atoms with van der Waals surface area (Å²) in [4.78, 5) is 23.7. The van der Waals surface area contributed by atoms with Crippen LogP contribution in [0.2, 0.25) is 0 Å². The molecule has 0 saturated heterocycles. The molecule has 0 radical (unpaired) electrons. The predicted octanol–water partition coefficient (Wildman–Crippen LogP) is 0.0989. The molecule has 0 aliphatic rings. The Morgan fingerprint density at radius 1 is 1.31 bits per heavy atom. The van der Waals surface area contributed by atoms with Crippen LogP contribution in [-0.4, -0.2) is 54.2 Å². The van der Waals surface area contributed by atoms with E-state index in [9.17, 15) is 9.59 Å². The number of carbonyl (C=O) groups is 2. The third-order valence-electron chi connectivity index (χ3n) is 2.35. The van der Waals surface area contributed by atoms with Crippen LogP contribution >= 0.6 is 0 Å². The lowest BCUT2D eigenvalue weighted by Gasteiger charge is -2.21. The first-order chi connectivity index (χ1) is 7.34. The zero-order valence-electron chi connectivity index (χ0n) is 10.3. The minimum Gasteiger partial charge on any atom is -0.480 e. The molecule has 0 unspecified atom stereocenters. The molecule has 0 heterocycles. The van der Waals surface area contributed by atoms with Crippen LogP contribution < -0.4 is 10.6 Å². The van der Waals surface area contributed by atoms with E-state index in [2.05, 4.69) is 29.4 Å². The van der Waals surface area contributed by atoms with E-state index in [1.54, 1.807) is 0 Å². The van der Waals surface area contributed by atoms with Crippen molar-refractivity contribution in [1.82, 2.24) is 15.5 Å². The Kier molecular flexibility index (Phi) is 6.48. The predicted molar refractivity (Wildman–Crippen MR) is 61.4 cm³/mol. The molecule has 6 nitrogen and oxygen atoms in total. The van der Waals surface area contributed by atoms with E-state index in [1.165, 1.54) is 6.92 Å². The first-order valence-corrected chi connectivity index (χ1v) is 5.32. The van der Waals surface area contributed by atoms with Gasteiger partial charge in [0, 0.05) is 19.1 Å². The third kappa shape index (κ3) is 6.23. The summed E-state index contributed by atoms with van der Waals surface area (Å²) in [6.07, 6.45) is 0. The summed E-state index contributed by atoms with van der Waals surface area (Å²) in [5.41, 5.74) is 0. The highest BCUT2D eigenvalue weighted by molar-refractivity contribution is 5.82. The molecule has 0 aliphatic carbocycles. The molecule has 6 heteroatoms. The molecule has 16 heavy (non-hydrogen) atoms. The van der Waals surface area contributed by atoms with Crippen LogP contribution in [0.15, 0.2) is 0 Å². The number of aliphatic carboxylic acids is 1. The third-order valence-corrected chi connectivity index (χ3v) is 2.35. The molecular formula is C10H21N3O3. The molecule has 94 valence electrons. The normalized spacial score (nSPS) is 12.6. The first-order valence-electron chi connectivity index (χ1n) is 5.32. The summed E-state index contributed by atoms with van der Waals surface area (Å²) in [5.74, 6) is -1.05. The zero-order chi connectivity index (χ0) is 12.7. The minimum atomic E-state index is -1.05. The van der Waals surface area contributed by atoms with E-state index in [4.69, 9.17) is 5.11 Å². The van der Waals surface area contributed by atoms with Gasteiger partial charge < -0.3 is 20.6 Å². The van der Waals surface area contributed by atoms with Crippen molar-refractivity contribution in [3.05, 3.63) is 0 Å². The Balaban J connectivity index is 3.70. The highest BCUT2D eigenvalue weighted by Crippen LogP contribution is 1.90. The number of hydrogen-bond acceptors (Lipinski definition) is 3. The van der Waals surface area contributed by atoms with Crippen molar-refractivity contribution in [2.45, 2.75) is 32.9 Å². The van der Waals surface area contributed by atoms with Crippen LogP contribution in [0, 0.1) is 0 Å². The minimum absolute atomic E-state index is 0.419. The van der Waals surface area contributed by atoms with Gasteiger partial charge in [0.25, 0.3) is 0 Å². The molecular weight excluding hydrogens is 210 g/mol. The average molecular weight is 231 g/mol. The van der Waals surface area contributed by atoms with Gasteiger partial charge in [-0.2, -0.15) is 0 Å². The number of carboxylic acid groups (broad SMARTS) is 1. The van der Waals surface area contributed by atoms with Crippen LogP contribution in [0.5, 0.6) is 0 Å². The Labute approximate surface area is 96.0 Å². The molecule has 0 bridgehead atoms. The number of carbonyl (C=O) groups excluding carboxylic acids is 1. The zero-order valence-corrected chi connectivity index (χ0v) is 10.3. The van der Waals surface area contributed by atoms with E-state index < -0.39 is 18.0 Å². The van der Waals surface area contributed by atoms with Crippen LogP contribution in [0.25, 0.3) is 0 Å². The molecule has 0 saturated carbocycles. The molecule has 0 rings (SSSR count). The number of carboxylic acids is 1. The summed E-state index contributed by atoms with van der Waals surface area (Å²) >= 11 is 0. The highest BCUT2D eigenvalue weighted by Gasteiger charge is 2.13. The molecule has 1 atom stereocenters. The van der Waals surface area contributed by atoms with E-state index in [0.717, 1.165) is 6.54 Å². The lowest BCUT2D eigenvalue weighted by atomic mass is 10.3. The highest BCUT2D eigenvalue weighted by atomic mass is 16.4. The summed E-state index contributed by atoms with van der Waals surface area (Å²) in [6.45, 7) is 6.76.